The summed E-state index contributed by atoms with van der Waals surface area (Å²) in [5.74, 6) is 0.472. The van der Waals surface area contributed by atoms with Gasteiger partial charge >= 0.3 is 0 Å². The van der Waals surface area contributed by atoms with Crippen molar-refractivity contribution >= 4 is 27.4 Å². The molecule has 0 aromatic carbocycles. The average Bonchev–Trinajstić information content (AvgIpc) is 2.50. The number of thiophene rings is 1. The van der Waals surface area contributed by atoms with E-state index < -0.39 is 0 Å². The lowest BCUT2D eigenvalue weighted by atomic mass is 10.3. The standard InChI is InChI=1S/C8H4N2S/c1-9-7-3-2-6-4-5-11-8(6)10-7/h2-5H. The molecule has 0 unspecified atom stereocenters. The second-order valence-electron chi connectivity index (χ2n) is 2.10. The van der Waals surface area contributed by atoms with E-state index in [4.69, 9.17) is 6.57 Å². The Morgan fingerprint density at radius 3 is 3.09 bits per heavy atom. The molecule has 0 radical (unpaired) electrons. The van der Waals surface area contributed by atoms with Gasteiger partial charge in [0.25, 0.3) is 5.82 Å². The van der Waals surface area contributed by atoms with Gasteiger partial charge in [0.05, 0.1) is 0 Å². The van der Waals surface area contributed by atoms with Gasteiger partial charge in [0.15, 0.2) is 0 Å². The van der Waals surface area contributed by atoms with E-state index in [0.717, 1.165) is 10.2 Å². The van der Waals surface area contributed by atoms with E-state index in [1.54, 1.807) is 17.4 Å². The minimum Gasteiger partial charge on any atom is -0.361 e. The molecule has 2 heterocycles. The number of pyridine rings is 1. The Labute approximate surface area is 67.9 Å². The summed E-state index contributed by atoms with van der Waals surface area (Å²) in [6.07, 6.45) is 0. The van der Waals surface area contributed by atoms with Gasteiger partial charge in [0.2, 0.25) is 4.83 Å². The van der Waals surface area contributed by atoms with Crippen molar-refractivity contribution in [1.29, 1.82) is 0 Å². The van der Waals surface area contributed by atoms with Gasteiger partial charge in [-0.3, -0.25) is 0 Å². The summed E-state index contributed by atoms with van der Waals surface area (Å²) in [6, 6.07) is 5.66. The van der Waals surface area contributed by atoms with Crippen molar-refractivity contribution in [3.8, 4) is 0 Å². The average molecular weight is 160 g/mol. The quantitative estimate of drug-likeness (QED) is 0.541. The van der Waals surface area contributed by atoms with Crippen molar-refractivity contribution < 1.29 is 0 Å². The van der Waals surface area contributed by atoms with E-state index in [1.807, 2.05) is 17.5 Å². The molecule has 0 amide bonds. The summed E-state index contributed by atoms with van der Waals surface area (Å²) in [5.41, 5.74) is 0. The lowest BCUT2D eigenvalue weighted by Crippen LogP contribution is -1.69. The van der Waals surface area contributed by atoms with Crippen LogP contribution in [0.4, 0.5) is 5.82 Å². The van der Waals surface area contributed by atoms with Gasteiger partial charge < -0.3 is 4.85 Å². The zero-order valence-corrected chi connectivity index (χ0v) is 6.43. The smallest absolute Gasteiger partial charge is 0.271 e. The largest absolute Gasteiger partial charge is 0.361 e. The van der Waals surface area contributed by atoms with Gasteiger partial charge in [-0.15, -0.1) is 4.98 Å². The van der Waals surface area contributed by atoms with Crippen LogP contribution in [0.15, 0.2) is 23.6 Å². The zero-order chi connectivity index (χ0) is 7.68. The molecule has 0 aliphatic rings. The topological polar surface area (TPSA) is 17.2 Å². The van der Waals surface area contributed by atoms with Gasteiger partial charge in [0, 0.05) is 5.39 Å². The first-order valence-electron chi connectivity index (χ1n) is 3.12. The number of hydrogen-bond acceptors (Lipinski definition) is 2. The molecule has 0 saturated carbocycles. The Kier molecular flexibility index (Phi) is 1.34. The van der Waals surface area contributed by atoms with Gasteiger partial charge in [0.1, 0.15) is 0 Å². The summed E-state index contributed by atoms with van der Waals surface area (Å²) < 4.78 is 0. The van der Waals surface area contributed by atoms with E-state index in [2.05, 4.69) is 9.83 Å². The van der Waals surface area contributed by atoms with Crippen molar-refractivity contribution in [1.82, 2.24) is 4.98 Å². The van der Waals surface area contributed by atoms with Crippen LogP contribution in [-0.4, -0.2) is 4.98 Å². The third kappa shape index (κ3) is 0.975. The number of hydrogen-bond donors (Lipinski definition) is 0. The van der Waals surface area contributed by atoms with Crippen molar-refractivity contribution in [2.24, 2.45) is 0 Å². The van der Waals surface area contributed by atoms with Crippen molar-refractivity contribution in [3.63, 3.8) is 0 Å². The zero-order valence-electron chi connectivity index (χ0n) is 5.61. The van der Waals surface area contributed by atoms with E-state index in [-0.39, 0.29) is 0 Å². The summed E-state index contributed by atoms with van der Waals surface area (Å²) in [7, 11) is 0. The Bertz CT molecular complexity index is 425. The van der Waals surface area contributed by atoms with Crippen LogP contribution in [0.25, 0.3) is 15.1 Å². The SMILES string of the molecule is [C-]#[N+]c1ccc2ccsc2n1. The van der Waals surface area contributed by atoms with Crippen LogP contribution in [-0.2, 0) is 0 Å². The maximum Gasteiger partial charge on any atom is 0.271 e. The highest BCUT2D eigenvalue weighted by molar-refractivity contribution is 7.16. The van der Waals surface area contributed by atoms with Crippen LogP contribution >= 0.6 is 11.3 Å². The van der Waals surface area contributed by atoms with Gasteiger partial charge in [-0.05, 0) is 17.5 Å². The first-order chi connectivity index (χ1) is 5.40. The number of aromatic nitrogens is 1. The monoisotopic (exact) mass is 160 g/mol. The molecule has 2 nitrogen and oxygen atoms in total. The van der Waals surface area contributed by atoms with E-state index in [1.165, 1.54) is 0 Å². The molecule has 0 bridgehead atoms. The molecule has 0 aliphatic carbocycles. The van der Waals surface area contributed by atoms with Crippen LogP contribution in [0.1, 0.15) is 0 Å². The number of fused-ring (bicyclic) bond motifs is 1. The molecule has 2 rings (SSSR count). The lowest BCUT2D eigenvalue weighted by molar-refractivity contribution is 1.47. The second-order valence-corrected chi connectivity index (χ2v) is 2.99. The fourth-order valence-corrected chi connectivity index (χ4v) is 1.66. The highest BCUT2D eigenvalue weighted by atomic mass is 32.1. The maximum absolute atomic E-state index is 6.74. The van der Waals surface area contributed by atoms with Crippen molar-refractivity contribution in [2.45, 2.75) is 0 Å². The summed E-state index contributed by atoms with van der Waals surface area (Å²) in [6.45, 7) is 6.74. The van der Waals surface area contributed by atoms with Crippen LogP contribution in [0.3, 0.4) is 0 Å². The molecule has 0 N–H and O–H groups in total. The van der Waals surface area contributed by atoms with Crippen LogP contribution in [0.2, 0.25) is 0 Å². The van der Waals surface area contributed by atoms with Crippen LogP contribution < -0.4 is 0 Å². The summed E-state index contributed by atoms with van der Waals surface area (Å²) in [4.78, 5) is 8.31. The fourth-order valence-electron chi connectivity index (χ4n) is 0.897. The van der Waals surface area contributed by atoms with E-state index in [0.29, 0.717) is 5.82 Å². The van der Waals surface area contributed by atoms with Gasteiger partial charge in [-0.25, -0.2) is 0 Å². The fraction of sp³-hybridized carbons (Fsp3) is 0. The molecule has 2 aromatic heterocycles. The second kappa shape index (κ2) is 2.33. The number of nitrogens with zero attached hydrogens (tertiary/aromatic N) is 2. The Hall–Kier alpha value is -1.40. The Balaban J connectivity index is 2.79. The van der Waals surface area contributed by atoms with E-state index >= 15 is 0 Å². The number of rotatable bonds is 0. The Morgan fingerprint density at radius 1 is 1.36 bits per heavy atom. The maximum atomic E-state index is 6.74. The van der Waals surface area contributed by atoms with Crippen LogP contribution in [0.5, 0.6) is 0 Å². The Morgan fingerprint density at radius 2 is 2.27 bits per heavy atom. The summed E-state index contributed by atoms with van der Waals surface area (Å²) >= 11 is 1.56. The van der Waals surface area contributed by atoms with Gasteiger partial charge in [-0.1, -0.05) is 24.0 Å². The molecule has 0 spiro atoms. The molecule has 0 fully saturated rings. The minimum atomic E-state index is 0.472. The highest BCUT2D eigenvalue weighted by Gasteiger charge is 1.99. The molecule has 2 aromatic rings. The lowest BCUT2D eigenvalue weighted by Gasteiger charge is -1.85. The third-order valence-electron chi connectivity index (χ3n) is 1.42. The molecule has 0 saturated heterocycles. The highest BCUT2D eigenvalue weighted by Crippen LogP contribution is 2.21. The first kappa shape index (κ1) is 6.32. The molecule has 11 heavy (non-hydrogen) atoms. The molecule has 0 aliphatic heterocycles. The normalized spacial score (nSPS) is 9.73. The predicted octanol–water partition coefficient (Wildman–Crippen LogP) is 2.85. The molecule has 0 atom stereocenters. The van der Waals surface area contributed by atoms with Crippen molar-refractivity contribution in [2.75, 3.05) is 0 Å². The molecular formula is C8H4N2S. The third-order valence-corrected chi connectivity index (χ3v) is 2.24. The minimum absolute atomic E-state index is 0.472. The van der Waals surface area contributed by atoms with Gasteiger partial charge in [-0.2, -0.15) is 0 Å². The van der Waals surface area contributed by atoms with E-state index in [9.17, 15) is 0 Å². The van der Waals surface area contributed by atoms with Crippen LogP contribution in [0, 0.1) is 6.57 Å². The van der Waals surface area contributed by atoms with Crippen molar-refractivity contribution in [3.05, 3.63) is 35.0 Å². The predicted molar refractivity (Wildman–Crippen MR) is 45.9 cm³/mol. The first-order valence-corrected chi connectivity index (χ1v) is 4.00. The molecular weight excluding hydrogens is 156 g/mol. The summed E-state index contributed by atoms with van der Waals surface area (Å²) in [5, 5.41) is 3.09. The molecule has 52 valence electrons. The molecule has 3 heteroatoms.